The molecule has 0 bridgehead atoms. The van der Waals surface area contributed by atoms with Crippen molar-refractivity contribution in [3.8, 4) is 11.4 Å². The summed E-state index contributed by atoms with van der Waals surface area (Å²) in [6.07, 6.45) is 4.03. The van der Waals surface area contributed by atoms with E-state index in [1.165, 1.54) is 16.7 Å². The van der Waals surface area contributed by atoms with Crippen LogP contribution in [0.4, 0.5) is 19.1 Å². The molecule has 0 aromatic carbocycles. The highest BCUT2D eigenvalue weighted by molar-refractivity contribution is 5.64. The largest absolute Gasteiger partial charge is 0.417 e. The molecule has 0 spiro atoms. The number of anilines is 1. The Morgan fingerprint density at radius 3 is 2.62 bits per heavy atom. The summed E-state index contributed by atoms with van der Waals surface area (Å²) in [7, 11) is 0. The molecule has 1 saturated carbocycles. The van der Waals surface area contributed by atoms with Crippen LogP contribution in [0.1, 0.15) is 36.8 Å². The molecule has 29 heavy (non-hydrogen) atoms. The molecule has 4 rings (SSSR count). The molecule has 9 heteroatoms. The topological polar surface area (TPSA) is 81.1 Å². The summed E-state index contributed by atoms with van der Waals surface area (Å²) < 4.78 is 40.8. The second kappa shape index (κ2) is 7.62. The number of hydrogen-bond donors (Lipinski definition) is 2. The summed E-state index contributed by atoms with van der Waals surface area (Å²) in [5, 5.41) is 3.27. The Labute approximate surface area is 166 Å². The highest BCUT2D eigenvalue weighted by atomic mass is 19.4. The lowest BCUT2D eigenvalue weighted by Crippen LogP contribution is -2.29. The molecular formula is C20H23F3N6. The number of fused-ring (bicyclic) bond motifs is 1. The van der Waals surface area contributed by atoms with Crippen molar-refractivity contribution in [3.63, 3.8) is 0 Å². The maximum absolute atomic E-state index is 13.1. The van der Waals surface area contributed by atoms with Crippen molar-refractivity contribution in [1.82, 2.24) is 19.4 Å². The Bertz CT molecular complexity index is 1010. The fourth-order valence-electron chi connectivity index (χ4n) is 3.74. The fourth-order valence-corrected chi connectivity index (χ4v) is 3.74. The van der Waals surface area contributed by atoms with Gasteiger partial charge in [-0.1, -0.05) is 0 Å². The third-order valence-corrected chi connectivity index (χ3v) is 5.49. The van der Waals surface area contributed by atoms with Crippen LogP contribution in [0.25, 0.3) is 17.0 Å². The predicted octanol–water partition coefficient (Wildman–Crippen LogP) is 4.05. The number of halogens is 3. The third-order valence-electron chi connectivity index (χ3n) is 5.49. The van der Waals surface area contributed by atoms with Gasteiger partial charge in [-0.15, -0.1) is 0 Å². The summed E-state index contributed by atoms with van der Waals surface area (Å²) in [6, 6.07) is 2.68. The monoisotopic (exact) mass is 404 g/mol. The lowest BCUT2D eigenvalue weighted by atomic mass is 9.86. The van der Waals surface area contributed by atoms with Gasteiger partial charge in [-0.05, 0) is 56.2 Å². The van der Waals surface area contributed by atoms with Gasteiger partial charge < -0.3 is 11.1 Å². The van der Waals surface area contributed by atoms with E-state index in [1.54, 1.807) is 6.20 Å². The van der Waals surface area contributed by atoms with Crippen LogP contribution in [0.3, 0.4) is 0 Å². The number of aryl methyl sites for hydroxylation is 1. The predicted molar refractivity (Wildman–Crippen MR) is 104 cm³/mol. The minimum atomic E-state index is -4.42. The van der Waals surface area contributed by atoms with Gasteiger partial charge in [0.1, 0.15) is 5.65 Å². The van der Waals surface area contributed by atoms with E-state index in [-0.39, 0.29) is 0 Å². The van der Waals surface area contributed by atoms with Gasteiger partial charge in [0, 0.05) is 25.0 Å². The molecule has 3 aromatic rings. The molecule has 154 valence electrons. The summed E-state index contributed by atoms with van der Waals surface area (Å²) in [6.45, 7) is 2.58. The van der Waals surface area contributed by atoms with Crippen LogP contribution in [-0.4, -0.2) is 31.9 Å². The maximum atomic E-state index is 13.1. The Balaban J connectivity index is 1.60. The van der Waals surface area contributed by atoms with Gasteiger partial charge in [-0.25, -0.2) is 15.0 Å². The van der Waals surface area contributed by atoms with Crippen LogP contribution in [0.5, 0.6) is 0 Å². The standard InChI is InChI=1S/C20H23F3N6/c1-12-8-26-19(27-9-13-2-5-15(24)6-3-13)28-18(12)16-10-25-17-7-4-14(11-29(16)17)20(21,22)23/h4,7-8,10-11,13,15H,2-3,5-6,9,24H2,1H3,(H,26,27,28). The minimum Gasteiger partial charge on any atom is -0.354 e. The molecule has 0 saturated heterocycles. The van der Waals surface area contributed by atoms with E-state index in [4.69, 9.17) is 5.73 Å². The molecule has 1 aliphatic rings. The molecule has 6 nitrogen and oxygen atoms in total. The quantitative estimate of drug-likeness (QED) is 0.686. The zero-order valence-corrected chi connectivity index (χ0v) is 16.1. The van der Waals surface area contributed by atoms with E-state index < -0.39 is 11.7 Å². The van der Waals surface area contributed by atoms with E-state index in [0.717, 1.165) is 50.1 Å². The molecule has 1 fully saturated rings. The molecule has 0 radical (unpaired) electrons. The molecule has 1 aliphatic carbocycles. The van der Waals surface area contributed by atoms with Gasteiger partial charge >= 0.3 is 6.18 Å². The van der Waals surface area contributed by atoms with Gasteiger partial charge in [0.05, 0.1) is 23.1 Å². The Morgan fingerprint density at radius 2 is 1.90 bits per heavy atom. The maximum Gasteiger partial charge on any atom is 0.417 e. The Hall–Kier alpha value is -2.68. The first-order chi connectivity index (χ1) is 13.8. The van der Waals surface area contributed by atoms with Crippen molar-refractivity contribution in [1.29, 1.82) is 0 Å². The van der Waals surface area contributed by atoms with Crippen molar-refractivity contribution in [2.24, 2.45) is 11.7 Å². The molecule has 3 aromatic heterocycles. The summed E-state index contributed by atoms with van der Waals surface area (Å²) in [5.41, 5.74) is 7.47. The van der Waals surface area contributed by atoms with Crippen LogP contribution in [0, 0.1) is 12.8 Å². The van der Waals surface area contributed by atoms with Crippen molar-refractivity contribution in [3.05, 3.63) is 41.9 Å². The van der Waals surface area contributed by atoms with Crippen molar-refractivity contribution < 1.29 is 13.2 Å². The van der Waals surface area contributed by atoms with E-state index >= 15 is 0 Å². The average molecular weight is 404 g/mol. The summed E-state index contributed by atoms with van der Waals surface area (Å²) in [5.74, 6) is 0.982. The first kappa shape index (κ1) is 19.6. The van der Waals surface area contributed by atoms with E-state index in [1.807, 2.05) is 6.92 Å². The van der Waals surface area contributed by atoms with Gasteiger partial charge in [0.2, 0.25) is 5.95 Å². The van der Waals surface area contributed by atoms with E-state index in [9.17, 15) is 13.2 Å². The van der Waals surface area contributed by atoms with Crippen LogP contribution in [0.2, 0.25) is 0 Å². The van der Waals surface area contributed by atoms with Gasteiger partial charge in [-0.2, -0.15) is 13.2 Å². The van der Waals surface area contributed by atoms with E-state index in [2.05, 4.69) is 20.3 Å². The number of imidazole rings is 1. The molecule has 0 atom stereocenters. The van der Waals surface area contributed by atoms with Gasteiger partial charge in [0.15, 0.2) is 0 Å². The van der Waals surface area contributed by atoms with Crippen molar-refractivity contribution in [2.75, 3.05) is 11.9 Å². The molecular weight excluding hydrogens is 381 g/mol. The average Bonchev–Trinajstić information content (AvgIpc) is 3.11. The lowest BCUT2D eigenvalue weighted by molar-refractivity contribution is -0.137. The van der Waals surface area contributed by atoms with Gasteiger partial charge in [-0.3, -0.25) is 4.40 Å². The second-order valence-corrected chi connectivity index (χ2v) is 7.67. The fraction of sp³-hybridized carbons (Fsp3) is 0.450. The SMILES string of the molecule is Cc1cnc(NCC2CCC(N)CC2)nc1-c1cnc2ccc(C(F)(F)F)cn12. The number of rotatable bonds is 4. The molecule has 0 unspecified atom stereocenters. The van der Waals surface area contributed by atoms with Crippen molar-refractivity contribution in [2.45, 2.75) is 44.8 Å². The van der Waals surface area contributed by atoms with Gasteiger partial charge in [0.25, 0.3) is 0 Å². The smallest absolute Gasteiger partial charge is 0.354 e. The van der Waals surface area contributed by atoms with Crippen LogP contribution in [0.15, 0.2) is 30.7 Å². The number of alkyl halides is 3. The molecule has 0 amide bonds. The Morgan fingerprint density at radius 1 is 1.14 bits per heavy atom. The summed E-state index contributed by atoms with van der Waals surface area (Å²) in [4.78, 5) is 13.1. The normalized spacial score (nSPS) is 20.2. The third kappa shape index (κ3) is 4.19. The number of nitrogens with one attached hydrogen (secondary N) is 1. The Kier molecular flexibility index (Phi) is 5.16. The lowest BCUT2D eigenvalue weighted by Gasteiger charge is -2.26. The summed E-state index contributed by atoms with van der Waals surface area (Å²) >= 11 is 0. The number of nitrogens with zero attached hydrogens (tertiary/aromatic N) is 4. The molecule has 3 N–H and O–H groups in total. The zero-order valence-electron chi connectivity index (χ0n) is 16.1. The number of hydrogen-bond acceptors (Lipinski definition) is 5. The highest BCUT2D eigenvalue weighted by Crippen LogP contribution is 2.31. The zero-order chi connectivity index (χ0) is 20.6. The molecule has 0 aliphatic heterocycles. The van der Waals surface area contributed by atoms with Crippen LogP contribution >= 0.6 is 0 Å². The van der Waals surface area contributed by atoms with Crippen molar-refractivity contribution >= 4 is 11.6 Å². The van der Waals surface area contributed by atoms with Crippen LogP contribution < -0.4 is 11.1 Å². The number of nitrogens with two attached hydrogens (primary N) is 1. The van der Waals surface area contributed by atoms with E-state index in [0.29, 0.717) is 34.9 Å². The minimum absolute atomic E-state index is 0.296. The van der Waals surface area contributed by atoms with Crippen LogP contribution in [-0.2, 0) is 6.18 Å². The second-order valence-electron chi connectivity index (χ2n) is 7.67. The number of aromatic nitrogens is 4. The first-order valence-electron chi connectivity index (χ1n) is 9.69. The first-order valence-corrected chi connectivity index (χ1v) is 9.69. The molecule has 3 heterocycles. The number of pyridine rings is 1. The highest BCUT2D eigenvalue weighted by Gasteiger charge is 2.31.